The molecule has 0 aliphatic heterocycles. The number of carbonyl (C=O) groups is 1. The summed E-state index contributed by atoms with van der Waals surface area (Å²) in [4.78, 5) is 13.6. The number of hydrogen-bond donors (Lipinski definition) is 2. The summed E-state index contributed by atoms with van der Waals surface area (Å²) < 4.78 is 6.70. The number of nitrogens with zero attached hydrogens (tertiary/aromatic N) is 2. The number of anilines is 2. The first-order valence-corrected chi connectivity index (χ1v) is 12.6. The van der Waals surface area contributed by atoms with E-state index in [-0.39, 0.29) is 5.11 Å². The molecule has 180 valence electrons. The highest BCUT2D eigenvalue weighted by Crippen LogP contribution is 2.40. The lowest BCUT2D eigenvalue weighted by molar-refractivity contribution is 0.0603. The molecule has 0 fully saturated rings. The van der Waals surface area contributed by atoms with Crippen LogP contribution in [0.2, 0.25) is 15.1 Å². The molecule has 4 aromatic rings. The first-order chi connectivity index (χ1) is 16.8. The van der Waals surface area contributed by atoms with E-state index in [9.17, 15) is 4.79 Å². The van der Waals surface area contributed by atoms with Gasteiger partial charge in [0.05, 0.1) is 13.7 Å². The minimum Gasteiger partial charge on any atom is -0.465 e. The monoisotopic (exact) mass is 564 g/mol. The van der Waals surface area contributed by atoms with Gasteiger partial charge in [0.1, 0.15) is 15.6 Å². The molecule has 0 saturated carbocycles. The first kappa shape index (κ1) is 25.5. The maximum Gasteiger partial charge on any atom is 0.341 e. The van der Waals surface area contributed by atoms with Crippen LogP contribution in [0.25, 0.3) is 11.1 Å². The molecule has 0 aliphatic rings. The van der Waals surface area contributed by atoms with Crippen LogP contribution in [0.1, 0.15) is 20.8 Å². The lowest BCUT2D eigenvalue weighted by Gasteiger charge is -2.10. The van der Waals surface area contributed by atoms with Crippen LogP contribution in [0, 0.1) is 6.92 Å². The number of hydrogen-bond acceptors (Lipinski definition) is 5. The molecule has 2 aromatic carbocycles. The molecule has 11 heteroatoms. The van der Waals surface area contributed by atoms with E-state index in [4.69, 9.17) is 51.8 Å². The van der Waals surface area contributed by atoms with Crippen LogP contribution >= 0.6 is 58.4 Å². The van der Waals surface area contributed by atoms with E-state index in [0.29, 0.717) is 38.0 Å². The number of methoxy groups -OCH3 is 1. The largest absolute Gasteiger partial charge is 0.465 e. The number of halogens is 3. The van der Waals surface area contributed by atoms with Gasteiger partial charge in [0.15, 0.2) is 10.9 Å². The van der Waals surface area contributed by atoms with E-state index in [1.165, 1.54) is 18.4 Å². The number of thiocarbonyl (C=S) groups is 1. The van der Waals surface area contributed by atoms with E-state index in [0.717, 1.165) is 21.6 Å². The molecule has 0 bridgehead atoms. The molecule has 0 atom stereocenters. The van der Waals surface area contributed by atoms with Gasteiger partial charge in [-0.25, -0.2) is 4.79 Å². The summed E-state index contributed by atoms with van der Waals surface area (Å²) in [6.45, 7) is 2.34. The van der Waals surface area contributed by atoms with E-state index in [1.54, 1.807) is 23.0 Å². The van der Waals surface area contributed by atoms with Gasteiger partial charge >= 0.3 is 5.97 Å². The Bertz CT molecular complexity index is 1400. The third-order valence-corrected chi connectivity index (χ3v) is 7.15. The van der Waals surface area contributed by atoms with Crippen LogP contribution in [0.5, 0.6) is 0 Å². The maximum atomic E-state index is 12.7. The smallest absolute Gasteiger partial charge is 0.341 e. The number of carbonyl (C=O) groups excluding carboxylic acids is 1. The Balaban J connectivity index is 1.55. The van der Waals surface area contributed by atoms with Gasteiger partial charge < -0.3 is 15.4 Å². The van der Waals surface area contributed by atoms with E-state index in [1.807, 2.05) is 43.3 Å². The Morgan fingerprint density at radius 2 is 1.86 bits per heavy atom. The van der Waals surface area contributed by atoms with Crippen molar-refractivity contribution in [1.29, 1.82) is 0 Å². The predicted molar refractivity (Wildman–Crippen MR) is 148 cm³/mol. The van der Waals surface area contributed by atoms with Crippen molar-refractivity contribution in [2.45, 2.75) is 13.5 Å². The van der Waals surface area contributed by atoms with Crippen LogP contribution < -0.4 is 10.6 Å². The van der Waals surface area contributed by atoms with Gasteiger partial charge in [-0.3, -0.25) is 4.68 Å². The maximum absolute atomic E-state index is 12.7. The van der Waals surface area contributed by atoms with E-state index < -0.39 is 5.97 Å². The van der Waals surface area contributed by atoms with Crippen molar-refractivity contribution >= 4 is 80.3 Å². The second-order valence-corrected chi connectivity index (χ2v) is 10.3. The number of thiophene rings is 1. The zero-order valence-corrected chi connectivity index (χ0v) is 22.5. The molecule has 2 N–H and O–H groups in total. The molecule has 0 radical (unpaired) electrons. The Morgan fingerprint density at radius 1 is 1.11 bits per heavy atom. The van der Waals surface area contributed by atoms with Crippen LogP contribution in [0.4, 0.5) is 10.8 Å². The van der Waals surface area contributed by atoms with Gasteiger partial charge in [0.25, 0.3) is 0 Å². The highest BCUT2D eigenvalue weighted by molar-refractivity contribution is 7.80. The lowest BCUT2D eigenvalue weighted by Crippen LogP contribution is -2.20. The van der Waals surface area contributed by atoms with Gasteiger partial charge in [-0.2, -0.15) is 5.10 Å². The topological polar surface area (TPSA) is 68.2 Å². The minimum absolute atomic E-state index is 0.229. The average molecular weight is 566 g/mol. The zero-order chi connectivity index (χ0) is 25.1. The Morgan fingerprint density at radius 3 is 2.54 bits per heavy atom. The predicted octanol–water partition coefficient (Wildman–Crippen LogP) is 7.52. The summed E-state index contributed by atoms with van der Waals surface area (Å²) in [7, 11) is 1.35. The Kier molecular flexibility index (Phi) is 7.98. The molecule has 0 unspecified atom stereocenters. The van der Waals surface area contributed by atoms with Gasteiger partial charge in [0.2, 0.25) is 0 Å². The van der Waals surface area contributed by atoms with Crippen molar-refractivity contribution in [2.24, 2.45) is 0 Å². The molecular formula is C24H19Cl3N4O2S2. The van der Waals surface area contributed by atoms with Crippen molar-refractivity contribution in [1.82, 2.24) is 9.78 Å². The van der Waals surface area contributed by atoms with Crippen molar-refractivity contribution in [3.8, 4) is 11.1 Å². The fourth-order valence-electron chi connectivity index (χ4n) is 3.51. The zero-order valence-electron chi connectivity index (χ0n) is 18.6. The van der Waals surface area contributed by atoms with Crippen molar-refractivity contribution in [2.75, 3.05) is 17.7 Å². The number of nitrogens with one attached hydrogen (secondary N) is 2. The van der Waals surface area contributed by atoms with Gasteiger partial charge in [0, 0.05) is 26.7 Å². The normalized spacial score (nSPS) is 10.8. The van der Waals surface area contributed by atoms with Gasteiger partial charge in [-0.15, -0.1) is 11.3 Å². The molecule has 6 nitrogen and oxygen atoms in total. The summed E-state index contributed by atoms with van der Waals surface area (Å²) in [5.74, 6) is -0.0916. The first-order valence-electron chi connectivity index (χ1n) is 10.3. The summed E-state index contributed by atoms with van der Waals surface area (Å²) in [6.07, 6.45) is 1.67. The lowest BCUT2D eigenvalue weighted by atomic mass is 10.0. The van der Waals surface area contributed by atoms with E-state index >= 15 is 0 Å². The number of esters is 1. The standard InChI is InChI=1S/C24H19Cl3N4O2S2/c1-13-19(14-6-4-3-5-7-14)20(23(32)33-2)22(35-13)29-24(34)28-21-18(27)12-31(30-21)11-15-8-9-16(25)10-17(15)26/h3-10,12H,11H2,1-2H3,(H2,28,29,30,34). The highest BCUT2D eigenvalue weighted by atomic mass is 35.5. The number of ether oxygens (including phenoxy) is 1. The molecular weight excluding hydrogens is 547 g/mol. The summed E-state index contributed by atoms with van der Waals surface area (Å²) >= 11 is 25.5. The quantitative estimate of drug-likeness (QED) is 0.186. The van der Waals surface area contributed by atoms with E-state index in [2.05, 4.69) is 15.7 Å². The fraction of sp³-hybridized carbons (Fsp3) is 0.125. The summed E-state index contributed by atoms with van der Waals surface area (Å²) in [5.41, 5.74) is 2.97. The molecule has 2 aromatic heterocycles. The van der Waals surface area contributed by atoms with Crippen LogP contribution in [0.3, 0.4) is 0 Å². The average Bonchev–Trinajstić information content (AvgIpc) is 3.33. The molecule has 0 saturated heterocycles. The molecule has 0 aliphatic carbocycles. The van der Waals surface area contributed by atoms with Gasteiger partial charge in [-0.1, -0.05) is 71.2 Å². The SMILES string of the molecule is COC(=O)c1c(NC(=S)Nc2nn(Cc3ccc(Cl)cc3Cl)cc2Cl)sc(C)c1-c1ccccc1. The molecule has 35 heavy (non-hydrogen) atoms. The molecule has 0 spiro atoms. The van der Waals surface area contributed by atoms with Crippen LogP contribution in [0.15, 0.2) is 54.7 Å². The highest BCUT2D eigenvalue weighted by Gasteiger charge is 2.24. The van der Waals surface area contributed by atoms with Crippen molar-refractivity contribution in [3.05, 3.63) is 85.8 Å². The fourth-order valence-corrected chi connectivity index (χ4v) is 5.51. The van der Waals surface area contributed by atoms with Gasteiger partial charge in [-0.05, 0) is 42.4 Å². The molecule has 4 rings (SSSR count). The van der Waals surface area contributed by atoms with Crippen molar-refractivity contribution in [3.63, 3.8) is 0 Å². The van der Waals surface area contributed by atoms with Crippen LogP contribution in [-0.4, -0.2) is 28.0 Å². The Hall–Kier alpha value is -2.62. The summed E-state index contributed by atoms with van der Waals surface area (Å²) in [6, 6.07) is 14.9. The summed E-state index contributed by atoms with van der Waals surface area (Å²) in [5, 5.41) is 12.8. The number of benzene rings is 2. The Labute approximate surface area is 226 Å². The third-order valence-electron chi connectivity index (χ3n) is 5.06. The number of rotatable bonds is 6. The number of aryl methyl sites for hydroxylation is 1. The molecule has 2 heterocycles. The third kappa shape index (κ3) is 5.79. The second-order valence-electron chi connectivity index (χ2n) is 7.43. The second kappa shape index (κ2) is 11.0. The molecule has 0 amide bonds. The van der Waals surface area contributed by atoms with Crippen molar-refractivity contribution < 1.29 is 9.53 Å². The minimum atomic E-state index is -0.458. The number of aromatic nitrogens is 2. The van der Waals surface area contributed by atoms with Crippen LogP contribution in [-0.2, 0) is 11.3 Å².